The smallest absolute Gasteiger partial charge is 0.288 e. The van der Waals surface area contributed by atoms with E-state index >= 15 is 0 Å². The highest BCUT2D eigenvalue weighted by Crippen LogP contribution is 1.99. The fourth-order valence-corrected chi connectivity index (χ4v) is 1.27. The van der Waals surface area contributed by atoms with E-state index in [2.05, 4.69) is 21.9 Å². The molecule has 0 bridgehead atoms. The van der Waals surface area contributed by atoms with Crippen molar-refractivity contribution in [1.29, 1.82) is 0 Å². The second-order valence-electron chi connectivity index (χ2n) is 3.48. The number of primary amides is 1. The topological polar surface area (TPSA) is 103 Å². The monoisotopic (exact) mass is 286 g/mol. The van der Waals surface area contributed by atoms with Crippen LogP contribution in [-0.2, 0) is 11.5 Å². The Bertz CT molecular complexity index is 478. The van der Waals surface area contributed by atoms with Gasteiger partial charge in [-0.1, -0.05) is 5.92 Å². The van der Waals surface area contributed by atoms with Gasteiger partial charge in [0, 0.05) is 12.3 Å². The van der Waals surface area contributed by atoms with Crippen molar-refractivity contribution in [3.63, 3.8) is 0 Å². The van der Waals surface area contributed by atoms with Crippen LogP contribution >= 0.6 is 11.6 Å². The predicted molar refractivity (Wildman–Crippen MR) is 68.4 cm³/mol. The van der Waals surface area contributed by atoms with Gasteiger partial charge in [0.1, 0.15) is 6.73 Å². The van der Waals surface area contributed by atoms with E-state index in [1.165, 1.54) is 4.68 Å². The lowest BCUT2D eigenvalue weighted by Gasteiger charge is -2.02. The molecule has 0 aliphatic carbocycles. The summed E-state index contributed by atoms with van der Waals surface area (Å²) in [6.07, 6.45) is 1.39. The third-order valence-corrected chi connectivity index (χ3v) is 2.24. The maximum atomic E-state index is 11.0. The number of aliphatic hydroxyl groups excluding tert-OH is 1. The molecule has 8 heteroatoms. The van der Waals surface area contributed by atoms with Crippen molar-refractivity contribution in [2.24, 2.45) is 5.73 Å². The summed E-state index contributed by atoms with van der Waals surface area (Å²) in [5.74, 6) is 5.63. The number of carbonyl (C=O) groups excluding carboxylic acids is 1. The second-order valence-corrected chi connectivity index (χ2v) is 3.86. The van der Waals surface area contributed by atoms with Crippen molar-refractivity contribution in [1.82, 2.24) is 14.8 Å². The first-order valence-electron chi connectivity index (χ1n) is 5.67. The van der Waals surface area contributed by atoms with Gasteiger partial charge in [0.15, 0.2) is 0 Å². The standard InChI is InChI=1S/C11H15ClN4O3/c12-5-3-1-2-4-9-14-11(10(13)18)15-16(9)8-19-7-6-17/h17H,1,3,5-8H2,(H2,13,18). The summed E-state index contributed by atoms with van der Waals surface area (Å²) in [7, 11) is 0. The minimum absolute atomic E-state index is 0.0420. The van der Waals surface area contributed by atoms with E-state index in [-0.39, 0.29) is 25.8 Å². The van der Waals surface area contributed by atoms with Crippen LogP contribution in [0.3, 0.4) is 0 Å². The quantitative estimate of drug-likeness (QED) is 0.407. The molecule has 0 spiro atoms. The summed E-state index contributed by atoms with van der Waals surface area (Å²) in [5, 5.41) is 12.5. The van der Waals surface area contributed by atoms with Crippen LogP contribution in [0.1, 0.15) is 29.3 Å². The molecule has 3 N–H and O–H groups in total. The van der Waals surface area contributed by atoms with Gasteiger partial charge >= 0.3 is 0 Å². The van der Waals surface area contributed by atoms with Crippen LogP contribution in [0.2, 0.25) is 0 Å². The molecule has 1 rings (SSSR count). The zero-order valence-electron chi connectivity index (χ0n) is 10.3. The molecule has 0 fully saturated rings. The number of unbranched alkanes of at least 4 members (excludes halogenated alkanes) is 1. The van der Waals surface area contributed by atoms with Crippen molar-refractivity contribution < 1.29 is 14.6 Å². The molecule has 0 aliphatic rings. The number of nitrogens with two attached hydrogens (primary N) is 1. The maximum Gasteiger partial charge on any atom is 0.288 e. The second kappa shape index (κ2) is 8.48. The average Bonchev–Trinajstić information content (AvgIpc) is 2.79. The molecule has 0 unspecified atom stereocenters. The molecule has 0 atom stereocenters. The minimum atomic E-state index is -0.732. The molecule has 0 saturated carbocycles. The van der Waals surface area contributed by atoms with Crippen LogP contribution in [0.5, 0.6) is 0 Å². The number of hydrogen-bond donors (Lipinski definition) is 2. The molecule has 1 amide bonds. The molecule has 19 heavy (non-hydrogen) atoms. The van der Waals surface area contributed by atoms with E-state index < -0.39 is 5.91 Å². The van der Waals surface area contributed by atoms with E-state index in [9.17, 15) is 4.79 Å². The molecule has 7 nitrogen and oxygen atoms in total. The highest BCUT2D eigenvalue weighted by molar-refractivity contribution is 6.17. The van der Waals surface area contributed by atoms with Crippen molar-refractivity contribution in [2.45, 2.75) is 19.6 Å². The first kappa shape index (κ1) is 15.4. The van der Waals surface area contributed by atoms with Gasteiger partial charge < -0.3 is 15.6 Å². The Kier molecular flexibility index (Phi) is 6.89. The number of nitrogens with zero attached hydrogens (tertiary/aromatic N) is 3. The Morgan fingerprint density at radius 3 is 3.00 bits per heavy atom. The largest absolute Gasteiger partial charge is 0.394 e. The van der Waals surface area contributed by atoms with Crippen LogP contribution in [0.4, 0.5) is 0 Å². The molecule has 1 aromatic heterocycles. The summed E-state index contributed by atoms with van der Waals surface area (Å²) < 4.78 is 6.42. The first-order valence-corrected chi connectivity index (χ1v) is 6.20. The van der Waals surface area contributed by atoms with Gasteiger partial charge in [-0.3, -0.25) is 4.79 Å². The van der Waals surface area contributed by atoms with Gasteiger partial charge in [-0.05, 0) is 12.3 Å². The third kappa shape index (κ3) is 5.26. The Morgan fingerprint density at radius 2 is 2.37 bits per heavy atom. The van der Waals surface area contributed by atoms with Crippen molar-refractivity contribution >= 4 is 17.5 Å². The molecule has 104 valence electrons. The summed E-state index contributed by atoms with van der Waals surface area (Å²) in [5.41, 5.74) is 5.10. The van der Waals surface area contributed by atoms with Gasteiger partial charge in [-0.15, -0.1) is 16.7 Å². The van der Waals surface area contributed by atoms with Crippen molar-refractivity contribution in [3.8, 4) is 11.8 Å². The van der Waals surface area contributed by atoms with E-state index in [0.717, 1.165) is 6.42 Å². The fourth-order valence-electron chi connectivity index (χ4n) is 1.14. The number of amides is 1. The Morgan fingerprint density at radius 1 is 1.58 bits per heavy atom. The van der Waals surface area contributed by atoms with Gasteiger partial charge in [0.05, 0.1) is 13.2 Å². The van der Waals surface area contributed by atoms with Crippen LogP contribution in [-0.4, -0.2) is 44.9 Å². The van der Waals surface area contributed by atoms with Crippen LogP contribution < -0.4 is 5.73 Å². The lowest BCUT2D eigenvalue weighted by Crippen LogP contribution is -2.14. The lowest BCUT2D eigenvalue weighted by atomic mass is 10.3. The molecule has 1 aromatic rings. The Hall–Kier alpha value is -1.62. The molecule has 0 aliphatic heterocycles. The number of ether oxygens (including phenoxy) is 1. The summed E-state index contributed by atoms with van der Waals surface area (Å²) in [6.45, 7) is 0.0966. The first-order chi connectivity index (χ1) is 9.19. The number of aromatic nitrogens is 3. The van der Waals surface area contributed by atoms with Crippen molar-refractivity contribution in [2.75, 3.05) is 19.1 Å². The SMILES string of the molecule is NC(=O)c1nc(C#CCCCCl)n(COCCO)n1. The highest BCUT2D eigenvalue weighted by atomic mass is 35.5. The van der Waals surface area contributed by atoms with E-state index in [0.29, 0.717) is 18.1 Å². The van der Waals surface area contributed by atoms with Gasteiger partial charge in [-0.2, -0.15) is 4.98 Å². The van der Waals surface area contributed by atoms with Crippen molar-refractivity contribution in [3.05, 3.63) is 11.6 Å². The normalized spacial score (nSPS) is 10.0. The number of halogens is 1. The number of alkyl halides is 1. The van der Waals surface area contributed by atoms with Crippen LogP contribution in [0.15, 0.2) is 0 Å². The van der Waals surface area contributed by atoms with Gasteiger partial charge in [-0.25, -0.2) is 4.68 Å². The lowest BCUT2D eigenvalue weighted by molar-refractivity contribution is 0.0411. The number of rotatable bonds is 7. The minimum Gasteiger partial charge on any atom is -0.394 e. The molecule has 0 aromatic carbocycles. The predicted octanol–water partition coefficient (Wildman–Crippen LogP) is -0.286. The highest BCUT2D eigenvalue weighted by Gasteiger charge is 2.12. The Balaban J connectivity index is 2.79. The third-order valence-electron chi connectivity index (χ3n) is 1.98. The fraction of sp³-hybridized carbons (Fsp3) is 0.545. The summed E-state index contributed by atoms with van der Waals surface area (Å²) in [4.78, 5) is 14.9. The molecule has 1 heterocycles. The van der Waals surface area contributed by atoms with Gasteiger partial charge in [0.2, 0.25) is 11.6 Å². The number of hydrogen-bond acceptors (Lipinski definition) is 5. The van der Waals surface area contributed by atoms with Gasteiger partial charge in [0.25, 0.3) is 5.91 Å². The molecular formula is C11H15ClN4O3. The Labute approximate surface area is 115 Å². The average molecular weight is 287 g/mol. The molecule has 0 saturated heterocycles. The van der Waals surface area contributed by atoms with E-state index in [4.69, 9.17) is 27.2 Å². The summed E-state index contributed by atoms with van der Waals surface area (Å²) >= 11 is 5.54. The number of aliphatic hydroxyl groups is 1. The summed E-state index contributed by atoms with van der Waals surface area (Å²) in [6, 6.07) is 0. The van der Waals surface area contributed by atoms with E-state index in [1.807, 2.05) is 0 Å². The molecule has 0 radical (unpaired) electrons. The zero-order chi connectivity index (χ0) is 14.1. The van der Waals surface area contributed by atoms with Crippen LogP contribution in [0.25, 0.3) is 0 Å². The number of carbonyl (C=O) groups is 1. The maximum absolute atomic E-state index is 11.0. The molecular weight excluding hydrogens is 272 g/mol. The van der Waals surface area contributed by atoms with E-state index in [1.54, 1.807) is 0 Å². The van der Waals surface area contributed by atoms with Crippen LogP contribution in [0, 0.1) is 11.8 Å². The zero-order valence-corrected chi connectivity index (χ0v) is 11.1.